The fourth-order valence-corrected chi connectivity index (χ4v) is 4.60. The minimum Gasteiger partial charge on any atom is -0.308 e. The van der Waals surface area contributed by atoms with E-state index in [9.17, 15) is 0 Å². The largest absolute Gasteiger partial charge is 0.308 e. The van der Waals surface area contributed by atoms with Crippen molar-refractivity contribution in [3.8, 4) is 0 Å². The first-order valence-electron chi connectivity index (χ1n) is 11.8. The van der Waals surface area contributed by atoms with Gasteiger partial charge in [0.05, 0.1) is 5.66 Å². The van der Waals surface area contributed by atoms with Gasteiger partial charge in [-0.05, 0) is 65.2 Å². The van der Waals surface area contributed by atoms with E-state index in [1.807, 2.05) is 0 Å². The Bertz CT molecular complexity index is 380. The Labute approximate surface area is 172 Å². The highest BCUT2D eigenvalue weighted by molar-refractivity contribution is 5.02. The van der Waals surface area contributed by atoms with E-state index in [-0.39, 0.29) is 11.2 Å². The first-order chi connectivity index (χ1) is 12.5. The van der Waals surface area contributed by atoms with Gasteiger partial charge in [0.25, 0.3) is 0 Å². The molecule has 0 saturated carbocycles. The van der Waals surface area contributed by atoms with Gasteiger partial charge in [-0.2, -0.15) is 0 Å². The van der Waals surface area contributed by atoms with E-state index in [0.29, 0.717) is 30.0 Å². The van der Waals surface area contributed by atoms with Crippen molar-refractivity contribution < 1.29 is 0 Å². The van der Waals surface area contributed by atoms with Crippen molar-refractivity contribution in [2.45, 2.75) is 144 Å². The van der Waals surface area contributed by atoms with Crippen LogP contribution in [0.1, 0.15) is 115 Å². The van der Waals surface area contributed by atoms with E-state index >= 15 is 0 Å². The summed E-state index contributed by atoms with van der Waals surface area (Å²) >= 11 is 0. The van der Waals surface area contributed by atoms with Crippen LogP contribution in [-0.2, 0) is 0 Å². The maximum atomic E-state index is 4.10. The Morgan fingerprint density at radius 2 is 1.44 bits per heavy atom. The van der Waals surface area contributed by atoms with Crippen LogP contribution in [0.2, 0.25) is 0 Å². The average molecular weight is 384 g/mol. The Hall–Kier alpha value is -0.120. The first-order valence-corrected chi connectivity index (χ1v) is 11.8. The van der Waals surface area contributed by atoms with Crippen molar-refractivity contribution in [3.63, 3.8) is 0 Å². The standard InChI is InChI=1S/C24H53N3/c1-12-16-23(10,11)27-24(15-4,26-20(8)17-18(5)6)22(14-3)25-21(9)19(7)13-2/h18-22,25-27H,12-17H2,1-11H3. The normalized spacial score (nSPS) is 19.6. The van der Waals surface area contributed by atoms with Gasteiger partial charge in [0.1, 0.15) is 0 Å². The van der Waals surface area contributed by atoms with E-state index in [2.05, 4.69) is 92.1 Å². The Morgan fingerprint density at radius 1 is 0.852 bits per heavy atom. The van der Waals surface area contributed by atoms with Crippen LogP contribution in [0.5, 0.6) is 0 Å². The molecular formula is C24H53N3. The fourth-order valence-electron chi connectivity index (χ4n) is 4.60. The molecule has 0 saturated heterocycles. The van der Waals surface area contributed by atoms with Crippen molar-refractivity contribution in [1.82, 2.24) is 16.0 Å². The SMILES string of the molecule is CCCC(C)(C)NC(CC)(NC(C)CC(C)C)C(CC)NC(C)C(C)CC. The molecule has 3 N–H and O–H groups in total. The van der Waals surface area contributed by atoms with E-state index < -0.39 is 0 Å². The van der Waals surface area contributed by atoms with Gasteiger partial charge in [-0.3, -0.25) is 10.6 Å². The summed E-state index contributed by atoms with van der Waals surface area (Å²) < 4.78 is 0. The molecule has 0 heterocycles. The summed E-state index contributed by atoms with van der Waals surface area (Å²) in [5.74, 6) is 1.39. The van der Waals surface area contributed by atoms with Crippen LogP contribution in [0.3, 0.4) is 0 Å². The molecular weight excluding hydrogens is 330 g/mol. The number of rotatable bonds is 15. The lowest BCUT2D eigenvalue weighted by molar-refractivity contribution is 0.0929. The van der Waals surface area contributed by atoms with E-state index in [1.165, 1.54) is 25.7 Å². The van der Waals surface area contributed by atoms with Crippen molar-refractivity contribution in [2.24, 2.45) is 11.8 Å². The summed E-state index contributed by atoms with van der Waals surface area (Å²) in [5, 5.41) is 12.2. The Morgan fingerprint density at radius 3 is 1.85 bits per heavy atom. The minimum absolute atomic E-state index is 0.0938. The molecule has 0 amide bonds. The molecule has 0 fully saturated rings. The van der Waals surface area contributed by atoms with Crippen LogP contribution in [0.25, 0.3) is 0 Å². The highest BCUT2D eigenvalue weighted by Crippen LogP contribution is 2.25. The minimum atomic E-state index is -0.0938. The maximum Gasteiger partial charge on any atom is 0.0848 e. The zero-order valence-corrected chi connectivity index (χ0v) is 20.6. The third-order valence-electron chi connectivity index (χ3n) is 6.29. The summed E-state index contributed by atoms with van der Waals surface area (Å²) in [5.41, 5.74) is 0.0213. The second-order valence-corrected chi connectivity index (χ2v) is 10.1. The molecule has 0 aromatic rings. The molecule has 3 heteroatoms. The highest BCUT2D eigenvalue weighted by Gasteiger charge is 2.41. The number of hydrogen-bond donors (Lipinski definition) is 3. The van der Waals surface area contributed by atoms with Crippen LogP contribution < -0.4 is 16.0 Å². The van der Waals surface area contributed by atoms with Gasteiger partial charge in [-0.25, -0.2) is 0 Å². The zero-order chi connectivity index (χ0) is 21.3. The lowest BCUT2D eigenvalue weighted by Gasteiger charge is -2.50. The number of hydrogen-bond acceptors (Lipinski definition) is 3. The predicted octanol–water partition coefficient (Wildman–Crippen LogP) is 6.09. The van der Waals surface area contributed by atoms with Crippen molar-refractivity contribution in [2.75, 3.05) is 0 Å². The molecule has 164 valence electrons. The summed E-state index contributed by atoms with van der Waals surface area (Å²) in [7, 11) is 0. The summed E-state index contributed by atoms with van der Waals surface area (Å²) in [6, 6.07) is 1.41. The first kappa shape index (κ1) is 26.9. The third-order valence-corrected chi connectivity index (χ3v) is 6.29. The fraction of sp³-hybridized carbons (Fsp3) is 1.00. The van der Waals surface area contributed by atoms with Gasteiger partial charge < -0.3 is 5.32 Å². The molecule has 0 aromatic carbocycles. The van der Waals surface area contributed by atoms with Crippen LogP contribution in [0.4, 0.5) is 0 Å². The molecule has 3 nitrogen and oxygen atoms in total. The molecule has 5 atom stereocenters. The number of nitrogens with one attached hydrogen (secondary N) is 3. The van der Waals surface area contributed by atoms with Gasteiger partial charge >= 0.3 is 0 Å². The summed E-state index contributed by atoms with van der Waals surface area (Å²) in [4.78, 5) is 0. The maximum absolute atomic E-state index is 4.10. The van der Waals surface area contributed by atoms with Crippen LogP contribution in [0, 0.1) is 11.8 Å². The third kappa shape index (κ3) is 9.28. The van der Waals surface area contributed by atoms with Crippen LogP contribution >= 0.6 is 0 Å². The van der Waals surface area contributed by atoms with Crippen molar-refractivity contribution >= 4 is 0 Å². The van der Waals surface area contributed by atoms with Crippen molar-refractivity contribution in [3.05, 3.63) is 0 Å². The van der Waals surface area contributed by atoms with Gasteiger partial charge in [0.2, 0.25) is 0 Å². The van der Waals surface area contributed by atoms with E-state index in [4.69, 9.17) is 0 Å². The molecule has 0 spiro atoms. The van der Waals surface area contributed by atoms with Crippen LogP contribution in [0.15, 0.2) is 0 Å². The highest BCUT2D eigenvalue weighted by atomic mass is 15.3. The second kappa shape index (κ2) is 12.4. The quantitative estimate of drug-likeness (QED) is 0.300. The summed E-state index contributed by atoms with van der Waals surface area (Å²) in [6.07, 6.45) is 7.00. The molecule has 0 radical (unpaired) electrons. The van der Waals surface area contributed by atoms with Gasteiger partial charge in [-0.15, -0.1) is 0 Å². The smallest absolute Gasteiger partial charge is 0.0848 e. The molecule has 5 unspecified atom stereocenters. The zero-order valence-electron chi connectivity index (χ0n) is 20.6. The average Bonchev–Trinajstić information content (AvgIpc) is 2.56. The van der Waals surface area contributed by atoms with Gasteiger partial charge in [0.15, 0.2) is 0 Å². The molecule has 0 aliphatic rings. The molecule has 0 aliphatic heterocycles. The Balaban J connectivity index is 5.72. The van der Waals surface area contributed by atoms with Gasteiger partial charge in [0, 0.05) is 23.7 Å². The van der Waals surface area contributed by atoms with E-state index in [1.54, 1.807) is 0 Å². The monoisotopic (exact) mass is 383 g/mol. The van der Waals surface area contributed by atoms with E-state index in [0.717, 1.165) is 12.8 Å². The molecule has 0 rings (SSSR count). The molecule has 0 bridgehead atoms. The molecule has 0 aromatic heterocycles. The van der Waals surface area contributed by atoms with Crippen molar-refractivity contribution in [1.29, 1.82) is 0 Å². The van der Waals surface area contributed by atoms with Crippen LogP contribution in [-0.4, -0.2) is 29.3 Å². The molecule has 0 aliphatic carbocycles. The predicted molar refractivity (Wildman–Crippen MR) is 123 cm³/mol. The van der Waals surface area contributed by atoms with Gasteiger partial charge in [-0.1, -0.05) is 61.3 Å². The lowest BCUT2D eigenvalue weighted by Crippen LogP contribution is -2.73. The summed E-state index contributed by atoms with van der Waals surface area (Å²) in [6.45, 7) is 25.7. The Kier molecular flexibility index (Phi) is 12.4. The lowest BCUT2D eigenvalue weighted by atomic mass is 9.86. The second-order valence-electron chi connectivity index (χ2n) is 10.1. The topological polar surface area (TPSA) is 36.1 Å². The molecule has 27 heavy (non-hydrogen) atoms.